The highest BCUT2D eigenvalue weighted by Crippen LogP contribution is 2.18. The molecule has 1 aromatic carbocycles. The van der Waals surface area contributed by atoms with E-state index in [0.717, 1.165) is 32.6 Å². The van der Waals surface area contributed by atoms with Crippen molar-refractivity contribution in [3.63, 3.8) is 0 Å². The van der Waals surface area contributed by atoms with Crippen LogP contribution < -0.4 is 5.73 Å². The van der Waals surface area contributed by atoms with E-state index >= 15 is 0 Å². The van der Waals surface area contributed by atoms with Gasteiger partial charge in [0, 0.05) is 31.7 Å². The molecular weight excluding hydrogens is 222 g/mol. The molecule has 1 heterocycles. The van der Waals surface area contributed by atoms with Crippen molar-refractivity contribution in [3.05, 3.63) is 35.9 Å². The first-order chi connectivity index (χ1) is 8.70. The normalized spacial score (nSPS) is 26.4. The summed E-state index contributed by atoms with van der Waals surface area (Å²) in [6.45, 7) is 6.39. The number of rotatable bonds is 4. The molecule has 1 fully saturated rings. The Kier molecular flexibility index (Phi) is 4.75. The molecule has 3 heteroatoms. The van der Waals surface area contributed by atoms with Crippen LogP contribution in [-0.2, 0) is 6.54 Å². The second-order valence-corrected chi connectivity index (χ2v) is 5.43. The minimum absolute atomic E-state index is 0.594. The number of nitrogens with two attached hydrogens (primary N) is 1. The summed E-state index contributed by atoms with van der Waals surface area (Å²) < 4.78 is 0. The van der Waals surface area contributed by atoms with E-state index in [1.54, 1.807) is 0 Å². The van der Waals surface area contributed by atoms with Crippen LogP contribution in [-0.4, -0.2) is 48.6 Å². The van der Waals surface area contributed by atoms with Crippen LogP contribution in [0, 0.1) is 0 Å². The Morgan fingerprint density at radius 2 is 1.94 bits per heavy atom. The van der Waals surface area contributed by atoms with Crippen LogP contribution in [0.25, 0.3) is 0 Å². The van der Waals surface area contributed by atoms with Gasteiger partial charge in [-0.2, -0.15) is 0 Å². The minimum Gasteiger partial charge on any atom is -0.330 e. The summed E-state index contributed by atoms with van der Waals surface area (Å²) in [4.78, 5) is 5.04. The first kappa shape index (κ1) is 13.5. The van der Waals surface area contributed by atoms with Crippen molar-refractivity contribution < 1.29 is 0 Å². The molecule has 0 aromatic heterocycles. The highest BCUT2D eigenvalue weighted by atomic mass is 15.3. The number of piperazine rings is 1. The Hall–Kier alpha value is -0.900. The predicted octanol–water partition coefficient (Wildman–Crippen LogP) is 1.54. The van der Waals surface area contributed by atoms with Crippen LogP contribution >= 0.6 is 0 Å². The lowest BCUT2D eigenvalue weighted by Crippen LogP contribution is -2.55. The largest absolute Gasteiger partial charge is 0.330 e. The van der Waals surface area contributed by atoms with E-state index in [2.05, 4.69) is 54.1 Å². The molecule has 2 unspecified atom stereocenters. The topological polar surface area (TPSA) is 32.5 Å². The number of hydrogen-bond donors (Lipinski definition) is 1. The van der Waals surface area contributed by atoms with Crippen LogP contribution in [0.5, 0.6) is 0 Å². The lowest BCUT2D eigenvalue weighted by molar-refractivity contribution is 0.0431. The molecule has 100 valence electrons. The smallest absolute Gasteiger partial charge is 0.0239 e. The van der Waals surface area contributed by atoms with E-state index in [4.69, 9.17) is 5.73 Å². The monoisotopic (exact) mass is 247 g/mol. The van der Waals surface area contributed by atoms with Crippen molar-refractivity contribution in [1.82, 2.24) is 9.80 Å². The Bertz CT molecular complexity index is 352. The molecule has 0 aliphatic carbocycles. The Morgan fingerprint density at radius 1 is 1.22 bits per heavy atom. The maximum absolute atomic E-state index is 5.75. The molecule has 1 aliphatic rings. The molecule has 0 amide bonds. The Morgan fingerprint density at radius 3 is 2.61 bits per heavy atom. The molecule has 18 heavy (non-hydrogen) atoms. The molecule has 2 atom stereocenters. The number of benzene rings is 1. The molecule has 0 spiro atoms. The van der Waals surface area contributed by atoms with E-state index in [9.17, 15) is 0 Å². The molecule has 1 aliphatic heterocycles. The maximum atomic E-state index is 5.75. The zero-order valence-electron chi connectivity index (χ0n) is 11.5. The summed E-state index contributed by atoms with van der Waals surface area (Å²) >= 11 is 0. The standard InChI is InChI=1S/C15H25N3/c1-13-10-18(11-14-6-4-3-5-7-14)15(8-9-16)12-17(13)2/h3-7,13,15H,8-12,16H2,1-2H3. The van der Waals surface area contributed by atoms with Gasteiger partial charge in [0.2, 0.25) is 0 Å². The zero-order valence-corrected chi connectivity index (χ0v) is 11.5. The average molecular weight is 247 g/mol. The van der Waals surface area contributed by atoms with Crippen LogP contribution in [0.3, 0.4) is 0 Å². The molecule has 3 nitrogen and oxygen atoms in total. The van der Waals surface area contributed by atoms with E-state index in [1.165, 1.54) is 5.56 Å². The number of likely N-dealkylation sites (N-methyl/N-ethyl adjacent to an activating group) is 1. The third-order valence-electron chi connectivity index (χ3n) is 3.99. The maximum Gasteiger partial charge on any atom is 0.0239 e. The van der Waals surface area contributed by atoms with Crippen molar-refractivity contribution in [2.75, 3.05) is 26.7 Å². The first-order valence-corrected chi connectivity index (χ1v) is 6.89. The molecule has 0 radical (unpaired) electrons. The van der Waals surface area contributed by atoms with Crippen molar-refractivity contribution in [2.45, 2.75) is 32.0 Å². The van der Waals surface area contributed by atoms with Gasteiger partial charge in [-0.15, -0.1) is 0 Å². The van der Waals surface area contributed by atoms with E-state index in [1.807, 2.05) is 0 Å². The lowest BCUT2D eigenvalue weighted by atomic mass is 10.0. The summed E-state index contributed by atoms with van der Waals surface area (Å²) in [5.41, 5.74) is 7.15. The summed E-state index contributed by atoms with van der Waals surface area (Å²) in [5.74, 6) is 0. The summed E-state index contributed by atoms with van der Waals surface area (Å²) in [6, 6.07) is 12.0. The predicted molar refractivity (Wildman–Crippen MR) is 76.4 cm³/mol. The van der Waals surface area contributed by atoms with Crippen LogP contribution in [0.15, 0.2) is 30.3 Å². The molecule has 0 bridgehead atoms. The van der Waals surface area contributed by atoms with Gasteiger partial charge in [0.1, 0.15) is 0 Å². The highest BCUT2D eigenvalue weighted by Gasteiger charge is 2.28. The minimum atomic E-state index is 0.594. The van der Waals surface area contributed by atoms with Crippen molar-refractivity contribution in [3.8, 4) is 0 Å². The van der Waals surface area contributed by atoms with E-state index < -0.39 is 0 Å². The van der Waals surface area contributed by atoms with Gasteiger partial charge in [0.05, 0.1) is 0 Å². The molecule has 2 rings (SSSR count). The molecule has 2 N–H and O–H groups in total. The number of hydrogen-bond acceptors (Lipinski definition) is 3. The third-order valence-corrected chi connectivity index (χ3v) is 3.99. The summed E-state index contributed by atoms with van der Waals surface area (Å²) in [6.07, 6.45) is 1.09. The summed E-state index contributed by atoms with van der Waals surface area (Å²) in [7, 11) is 2.22. The SMILES string of the molecule is CC1CN(Cc2ccccc2)C(CCN)CN1C. The Labute approximate surface area is 111 Å². The molecular formula is C15H25N3. The second-order valence-electron chi connectivity index (χ2n) is 5.43. The van der Waals surface area contributed by atoms with Crippen molar-refractivity contribution >= 4 is 0 Å². The third kappa shape index (κ3) is 3.31. The van der Waals surface area contributed by atoms with E-state index in [-0.39, 0.29) is 0 Å². The van der Waals surface area contributed by atoms with Gasteiger partial charge < -0.3 is 10.6 Å². The van der Waals surface area contributed by atoms with Crippen molar-refractivity contribution in [1.29, 1.82) is 0 Å². The van der Waals surface area contributed by atoms with Gasteiger partial charge in [-0.05, 0) is 32.5 Å². The Balaban J connectivity index is 2.03. The first-order valence-electron chi connectivity index (χ1n) is 6.89. The van der Waals surface area contributed by atoms with Crippen LogP contribution in [0.1, 0.15) is 18.9 Å². The van der Waals surface area contributed by atoms with Gasteiger partial charge in [-0.1, -0.05) is 30.3 Å². The number of nitrogens with zero attached hydrogens (tertiary/aromatic N) is 2. The van der Waals surface area contributed by atoms with Gasteiger partial charge in [-0.25, -0.2) is 0 Å². The molecule has 1 saturated heterocycles. The zero-order chi connectivity index (χ0) is 13.0. The second kappa shape index (κ2) is 6.32. The molecule has 1 aromatic rings. The average Bonchev–Trinajstić information content (AvgIpc) is 2.37. The molecule has 0 saturated carbocycles. The fourth-order valence-electron chi connectivity index (χ4n) is 2.73. The van der Waals surface area contributed by atoms with E-state index in [0.29, 0.717) is 12.1 Å². The fraction of sp³-hybridized carbons (Fsp3) is 0.600. The van der Waals surface area contributed by atoms with Gasteiger partial charge in [-0.3, -0.25) is 4.90 Å². The van der Waals surface area contributed by atoms with Gasteiger partial charge >= 0.3 is 0 Å². The summed E-state index contributed by atoms with van der Waals surface area (Å²) in [5, 5.41) is 0. The van der Waals surface area contributed by atoms with Crippen LogP contribution in [0.4, 0.5) is 0 Å². The van der Waals surface area contributed by atoms with Crippen LogP contribution in [0.2, 0.25) is 0 Å². The lowest BCUT2D eigenvalue weighted by Gasteiger charge is -2.44. The van der Waals surface area contributed by atoms with Gasteiger partial charge in [0.15, 0.2) is 0 Å². The quantitative estimate of drug-likeness (QED) is 0.876. The van der Waals surface area contributed by atoms with Gasteiger partial charge in [0.25, 0.3) is 0 Å². The van der Waals surface area contributed by atoms with Crippen molar-refractivity contribution in [2.24, 2.45) is 5.73 Å². The highest BCUT2D eigenvalue weighted by molar-refractivity contribution is 5.14. The fourth-order valence-corrected chi connectivity index (χ4v) is 2.73.